The van der Waals surface area contributed by atoms with Crippen molar-refractivity contribution in [2.24, 2.45) is 0 Å². The minimum Gasteiger partial charge on any atom is -0.481 e. The highest BCUT2D eigenvalue weighted by Crippen LogP contribution is 2.27. The van der Waals surface area contributed by atoms with Crippen LogP contribution in [0.15, 0.2) is 36.4 Å². The van der Waals surface area contributed by atoms with Gasteiger partial charge in [-0.25, -0.2) is 8.78 Å². The molecule has 0 aromatic heterocycles. The summed E-state index contributed by atoms with van der Waals surface area (Å²) in [6.45, 7) is -0.415. The summed E-state index contributed by atoms with van der Waals surface area (Å²) in [6.07, 6.45) is 0. The van der Waals surface area contributed by atoms with Crippen LogP contribution in [-0.4, -0.2) is 26.6 Å². The van der Waals surface area contributed by atoms with Crippen molar-refractivity contribution in [3.8, 4) is 5.75 Å². The summed E-state index contributed by atoms with van der Waals surface area (Å²) in [5.74, 6) is -2.26. The summed E-state index contributed by atoms with van der Waals surface area (Å²) in [6, 6.07) is 7.94. The van der Waals surface area contributed by atoms with E-state index >= 15 is 0 Å². The Kier molecular flexibility index (Phi) is 5.39. The first-order chi connectivity index (χ1) is 10.9. The third-order valence-corrected chi connectivity index (χ3v) is 3.20. The first kappa shape index (κ1) is 17.0. The lowest BCUT2D eigenvalue weighted by Gasteiger charge is -2.18. The van der Waals surface area contributed by atoms with Crippen molar-refractivity contribution in [3.63, 3.8) is 0 Å². The maximum absolute atomic E-state index is 13.4. The first-order valence-corrected chi connectivity index (χ1v) is 7.09. The molecule has 0 heterocycles. The molecule has 2 aromatic rings. The fraction of sp³-hybridized carbons (Fsp3) is 0.188. The normalized spacial score (nSPS) is 10.3. The van der Waals surface area contributed by atoms with Gasteiger partial charge in [0.05, 0.1) is 11.4 Å². The number of hydrogen-bond donors (Lipinski definition) is 1. The molecule has 0 aliphatic carbocycles. The zero-order valence-corrected chi connectivity index (χ0v) is 13.3. The Morgan fingerprint density at radius 2 is 1.96 bits per heavy atom. The van der Waals surface area contributed by atoms with Gasteiger partial charge < -0.3 is 15.0 Å². The Bertz CT molecular complexity index is 723. The summed E-state index contributed by atoms with van der Waals surface area (Å²) < 4.78 is 31.3. The molecule has 0 saturated carbocycles. The quantitative estimate of drug-likeness (QED) is 0.902. The van der Waals surface area contributed by atoms with Crippen LogP contribution in [0.4, 0.5) is 20.2 Å². The van der Waals surface area contributed by atoms with E-state index in [1.807, 2.05) is 19.0 Å². The first-order valence-electron chi connectivity index (χ1n) is 6.71. The number of nitrogens with one attached hydrogen (secondary N) is 1. The molecule has 2 rings (SSSR count). The highest BCUT2D eigenvalue weighted by atomic mass is 35.5. The summed E-state index contributed by atoms with van der Waals surface area (Å²) in [4.78, 5) is 13.8. The molecule has 0 fully saturated rings. The molecule has 0 aliphatic heterocycles. The number of carbonyl (C=O) groups excluding carboxylic acids is 1. The maximum Gasteiger partial charge on any atom is 0.262 e. The Morgan fingerprint density at radius 3 is 2.61 bits per heavy atom. The van der Waals surface area contributed by atoms with Gasteiger partial charge in [0.1, 0.15) is 5.82 Å². The van der Waals surface area contributed by atoms with Crippen LogP contribution >= 0.6 is 11.6 Å². The fourth-order valence-electron chi connectivity index (χ4n) is 1.92. The van der Waals surface area contributed by atoms with Crippen molar-refractivity contribution < 1.29 is 18.3 Å². The second-order valence-corrected chi connectivity index (χ2v) is 5.40. The zero-order valence-electron chi connectivity index (χ0n) is 12.6. The predicted molar refractivity (Wildman–Crippen MR) is 86.3 cm³/mol. The summed E-state index contributed by atoms with van der Waals surface area (Å²) >= 11 is 5.93. The van der Waals surface area contributed by atoms with Gasteiger partial charge in [-0.2, -0.15) is 0 Å². The number of nitrogens with zero attached hydrogens (tertiary/aromatic N) is 1. The van der Waals surface area contributed by atoms with Gasteiger partial charge in [-0.15, -0.1) is 0 Å². The monoisotopic (exact) mass is 340 g/mol. The Morgan fingerprint density at radius 1 is 1.22 bits per heavy atom. The predicted octanol–water partition coefficient (Wildman–Crippen LogP) is 3.70. The number of carbonyl (C=O) groups is 1. The van der Waals surface area contributed by atoms with Crippen LogP contribution in [0.1, 0.15) is 0 Å². The Balaban J connectivity index is 2.04. The van der Waals surface area contributed by atoms with Crippen molar-refractivity contribution >= 4 is 28.9 Å². The summed E-state index contributed by atoms with van der Waals surface area (Å²) in [5, 5.41) is 3.12. The van der Waals surface area contributed by atoms with E-state index in [0.29, 0.717) is 16.8 Å². The number of benzene rings is 2. The van der Waals surface area contributed by atoms with Gasteiger partial charge in [-0.05, 0) is 30.3 Å². The molecule has 0 spiro atoms. The molecule has 1 amide bonds. The van der Waals surface area contributed by atoms with Crippen LogP contribution in [0, 0.1) is 11.6 Å². The lowest BCUT2D eigenvalue weighted by molar-refractivity contribution is -0.118. The van der Waals surface area contributed by atoms with Crippen molar-refractivity contribution in [3.05, 3.63) is 53.1 Å². The zero-order chi connectivity index (χ0) is 17.0. The molecule has 23 heavy (non-hydrogen) atoms. The van der Waals surface area contributed by atoms with E-state index in [-0.39, 0.29) is 5.75 Å². The van der Waals surface area contributed by atoms with Crippen LogP contribution < -0.4 is 15.0 Å². The summed E-state index contributed by atoms with van der Waals surface area (Å²) in [5.41, 5.74) is 1.27. The van der Waals surface area contributed by atoms with Crippen LogP contribution in [0.5, 0.6) is 5.75 Å². The third kappa shape index (κ3) is 4.56. The number of hydrogen-bond acceptors (Lipinski definition) is 3. The van der Waals surface area contributed by atoms with Gasteiger partial charge >= 0.3 is 0 Å². The maximum atomic E-state index is 13.4. The van der Waals surface area contributed by atoms with E-state index in [9.17, 15) is 13.6 Å². The number of halogens is 3. The van der Waals surface area contributed by atoms with E-state index in [1.54, 1.807) is 18.2 Å². The minimum atomic E-state index is -0.866. The Labute approximate surface area is 137 Å². The SMILES string of the molecule is CN(C)c1ccc(Cl)cc1NC(=O)COc1ccc(F)cc1F. The van der Waals surface area contributed by atoms with E-state index in [0.717, 1.165) is 17.8 Å². The summed E-state index contributed by atoms with van der Waals surface area (Å²) in [7, 11) is 3.65. The van der Waals surface area contributed by atoms with Gasteiger partial charge in [-0.3, -0.25) is 4.79 Å². The number of anilines is 2. The molecule has 4 nitrogen and oxygen atoms in total. The van der Waals surface area contributed by atoms with Gasteiger partial charge in [0.2, 0.25) is 0 Å². The van der Waals surface area contributed by atoms with E-state index in [4.69, 9.17) is 16.3 Å². The van der Waals surface area contributed by atoms with Crippen molar-refractivity contribution in [2.75, 3.05) is 30.9 Å². The van der Waals surface area contributed by atoms with Crippen LogP contribution in [-0.2, 0) is 4.79 Å². The molecule has 7 heteroatoms. The van der Waals surface area contributed by atoms with Crippen LogP contribution in [0.3, 0.4) is 0 Å². The molecule has 0 unspecified atom stereocenters. The molecule has 0 aliphatic rings. The van der Waals surface area contributed by atoms with Gasteiger partial charge in [0.15, 0.2) is 18.2 Å². The molecule has 2 aromatic carbocycles. The van der Waals surface area contributed by atoms with E-state index in [1.165, 1.54) is 0 Å². The highest BCUT2D eigenvalue weighted by molar-refractivity contribution is 6.31. The second-order valence-electron chi connectivity index (χ2n) is 4.97. The topological polar surface area (TPSA) is 41.6 Å². The van der Waals surface area contributed by atoms with Crippen molar-refractivity contribution in [1.29, 1.82) is 0 Å². The average molecular weight is 341 g/mol. The molecular weight excluding hydrogens is 326 g/mol. The smallest absolute Gasteiger partial charge is 0.262 e. The molecule has 1 N–H and O–H groups in total. The highest BCUT2D eigenvalue weighted by Gasteiger charge is 2.11. The molecule has 122 valence electrons. The largest absolute Gasteiger partial charge is 0.481 e. The average Bonchev–Trinajstić information content (AvgIpc) is 2.46. The van der Waals surface area contributed by atoms with Gasteiger partial charge in [-0.1, -0.05) is 11.6 Å². The second kappa shape index (κ2) is 7.28. The fourth-order valence-corrected chi connectivity index (χ4v) is 2.09. The number of ether oxygens (including phenoxy) is 1. The standard InChI is InChI=1S/C16H15ClF2N2O2/c1-21(2)14-5-3-10(17)7-13(14)20-16(22)9-23-15-6-4-11(18)8-12(15)19/h3-8H,9H2,1-2H3,(H,20,22). The lowest BCUT2D eigenvalue weighted by Crippen LogP contribution is -2.22. The Hall–Kier alpha value is -2.34. The molecule has 0 saturated heterocycles. The van der Waals surface area contributed by atoms with Gasteiger partial charge in [0, 0.05) is 25.2 Å². The molecule has 0 bridgehead atoms. The van der Waals surface area contributed by atoms with Crippen LogP contribution in [0.2, 0.25) is 5.02 Å². The van der Waals surface area contributed by atoms with Gasteiger partial charge in [0.25, 0.3) is 5.91 Å². The third-order valence-electron chi connectivity index (χ3n) is 2.97. The lowest BCUT2D eigenvalue weighted by atomic mass is 10.2. The van der Waals surface area contributed by atoms with E-state index in [2.05, 4.69) is 5.32 Å². The van der Waals surface area contributed by atoms with E-state index < -0.39 is 24.1 Å². The van der Waals surface area contributed by atoms with Crippen molar-refractivity contribution in [1.82, 2.24) is 0 Å². The van der Waals surface area contributed by atoms with Crippen molar-refractivity contribution in [2.45, 2.75) is 0 Å². The van der Waals surface area contributed by atoms with Crippen LogP contribution in [0.25, 0.3) is 0 Å². The number of rotatable bonds is 5. The molecule has 0 radical (unpaired) electrons. The minimum absolute atomic E-state index is 0.194. The number of amides is 1. The molecular formula is C16H15ClF2N2O2. The molecule has 0 atom stereocenters.